The Hall–Kier alpha value is -1.10. The molecule has 1 aromatic rings. The lowest BCUT2D eigenvalue weighted by atomic mass is 10.1. The van der Waals surface area contributed by atoms with Crippen molar-refractivity contribution in [3.63, 3.8) is 0 Å². The van der Waals surface area contributed by atoms with Crippen molar-refractivity contribution in [1.82, 2.24) is 10.6 Å². The van der Waals surface area contributed by atoms with Crippen molar-refractivity contribution in [3.8, 4) is 0 Å². The quantitative estimate of drug-likeness (QED) is 0.684. The van der Waals surface area contributed by atoms with Crippen molar-refractivity contribution in [2.75, 3.05) is 19.6 Å². The minimum Gasteiger partial charge on any atom is -0.392 e. The fourth-order valence-electron chi connectivity index (χ4n) is 1.49. The molecule has 0 radical (unpaired) electrons. The van der Waals surface area contributed by atoms with Gasteiger partial charge in [0.05, 0.1) is 16.7 Å². The Morgan fingerprint density at radius 3 is 2.83 bits per heavy atom. The van der Waals surface area contributed by atoms with Crippen LogP contribution < -0.4 is 10.6 Å². The molecule has 0 aromatic heterocycles. The molecular weight excluding hydrogens is 252 g/mol. The summed E-state index contributed by atoms with van der Waals surface area (Å²) >= 11 is 6.06. The maximum atomic E-state index is 11.8. The van der Waals surface area contributed by atoms with Crippen molar-refractivity contribution in [3.05, 3.63) is 34.3 Å². The van der Waals surface area contributed by atoms with Gasteiger partial charge in [-0.25, -0.2) is 0 Å². The van der Waals surface area contributed by atoms with E-state index in [0.717, 1.165) is 5.56 Å². The van der Waals surface area contributed by atoms with Gasteiger partial charge >= 0.3 is 0 Å². The van der Waals surface area contributed by atoms with Gasteiger partial charge in [0.1, 0.15) is 0 Å². The molecule has 5 heteroatoms. The second-order valence-electron chi connectivity index (χ2n) is 4.25. The highest BCUT2D eigenvalue weighted by Crippen LogP contribution is 2.19. The van der Waals surface area contributed by atoms with E-state index in [-0.39, 0.29) is 12.0 Å². The number of carbonyl (C=O) groups excluding carboxylic acids is 1. The summed E-state index contributed by atoms with van der Waals surface area (Å²) < 4.78 is 0. The van der Waals surface area contributed by atoms with Crippen LogP contribution in [0.15, 0.2) is 18.2 Å². The van der Waals surface area contributed by atoms with Gasteiger partial charge < -0.3 is 15.7 Å². The van der Waals surface area contributed by atoms with Crippen molar-refractivity contribution >= 4 is 17.5 Å². The Morgan fingerprint density at radius 1 is 1.44 bits per heavy atom. The van der Waals surface area contributed by atoms with E-state index in [0.29, 0.717) is 30.2 Å². The molecule has 0 saturated heterocycles. The predicted molar refractivity (Wildman–Crippen MR) is 73.1 cm³/mol. The highest BCUT2D eigenvalue weighted by atomic mass is 35.5. The van der Waals surface area contributed by atoms with Gasteiger partial charge in [-0.05, 0) is 25.5 Å². The van der Waals surface area contributed by atoms with Crippen molar-refractivity contribution < 1.29 is 9.90 Å². The number of halogens is 1. The summed E-state index contributed by atoms with van der Waals surface area (Å²) in [4.78, 5) is 11.8. The molecule has 0 aliphatic rings. The van der Waals surface area contributed by atoms with Crippen LogP contribution in [0.4, 0.5) is 0 Å². The Kier molecular flexibility index (Phi) is 6.12. The van der Waals surface area contributed by atoms with Gasteiger partial charge in [0.25, 0.3) is 5.91 Å². The standard InChI is InChI=1S/C13H19ClN2O2/c1-9-4-3-5-11(12(9)14)13(18)16-7-6-15-8-10(2)17/h3-5,10,15,17H,6-8H2,1-2H3,(H,16,18). The number of aliphatic hydroxyl groups excluding tert-OH is 1. The second kappa shape index (κ2) is 7.36. The molecular formula is C13H19ClN2O2. The number of aryl methyl sites for hydroxylation is 1. The lowest BCUT2D eigenvalue weighted by Gasteiger charge is -2.09. The van der Waals surface area contributed by atoms with E-state index >= 15 is 0 Å². The Labute approximate surface area is 112 Å². The van der Waals surface area contributed by atoms with Crippen LogP contribution in [0.3, 0.4) is 0 Å². The molecule has 0 spiro atoms. The lowest BCUT2D eigenvalue weighted by Crippen LogP contribution is -2.34. The molecule has 100 valence electrons. The SMILES string of the molecule is Cc1cccc(C(=O)NCCNCC(C)O)c1Cl. The van der Waals surface area contributed by atoms with Gasteiger partial charge in [-0.2, -0.15) is 0 Å². The minimum atomic E-state index is -0.382. The number of aliphatic hydroxyl groups is 1. The molecule has 0 aliphatic carbocycles. The summed E-state index contributed by atoms with van der Waals surface area (Å²) in [7, 11) is 0. The van der Waals surface area contributed by atoms with Gasteiger partial charge in [-0.1, -0.05) is 23.7 Å². The van der Waals surface area contributed by atoms with Crippen LogP contribution in [0.2, 0.25) is 5.02 Å². The summed E-state index contributed by atoms with van der Waals surface area (Å²) in [6.45, 7) is 5.19. The normalized spacial score (nSPS) is 12.2. The van der Waals surface area contributed by atoms with E-state index in [1.165, 1.54) is 0 Å². The van der Waals surface area contributed by atoms with Crippen LogP contribution in [-0.4, -0.2) is 36.8 Å². The van der Waals surface area contributed by atoms with Gasteiger partial charge in [0, 0.05) is 19.6 Å². The molecule has 0 fully saturated rings. The highest BCUT2D eigenvalue weighted by Gasteiger charge is 2.10. The minimum absolute atomic E-state index is 0.178. The first-order chi connectivity index (χ1) is 8.52. The molecule has 18 heavy (non-hydrogen) atoms. The maximum Gasteiger partial charge on any atom is 0.252 e. The first kappa shape index (κ1) is 15.0. The molecule has 1 unspecified atom stereocenters. The van der Waals surface area contributed by atoms with Crippen molar-refractivity contribution in [1.29, 1.82) is 0 Å². The Morgan fingerprint density at radius 2 is 2.17 bits per heavy atom. The molecule has 1 rings (SSSR count). The highest BCUT2D eigenvalue weighted by molar-refractivity contribution is 6.34. The molecule has 0 heterocycles. The first-order valence-electron chi connectivity index (χ1n) is 5.94. The molecule has 4 nitrogen and oxygen atoms in total. The van der Waals surface area contributed by atoms with E-state index in [2.05, 4.69) is 10.6 Å². The summed E-state index contributed by atoms with van der Waals surface area (Å²) in [5.74, 6) is -0.178. The van der Waals surface area contributed by atoms with Crippen LogP contribution in [-0.2, 0) is 0 Å². The zero-order valence-corrected chi connectivity index (χ0v) is 11.4. The monoisotopic (exact) mass is 270 g/mol. The average Bonchev–Trinajstić information content (AvgIpc) is 2.31. The number of amides is 1. The van der Waals surface area contributed by atoms with Crippen molar-refractivity contribution in [2.45, 2.75) is 20.0 Å². The van der Waals surface area contributed by atoms with Gasteiger partial charge in [-0.15, -0.1) is 0 Å². The third-order valence-corrected chi connectivity index (χ3v) is 2.97. The molecule has 0 saturated carbocycles. The van der Waals surface area contributed by atoms with E-state index < -0.39 is 0 Å². The summed E-state index contributed by atoms with van der Waals surface area (Å²) in [5.41, 5.74) is 1.38. The number of carbonyl (C=O) groups is 1. The maximum absolute atomic E-state index is 11.8. The van der Waals surface area contributed by atoms with E-state index in [1.807, 2.05) is 19.1 Å². The Bertz CT molecular complexity index is 408. The van der Waals surface area contributed by atoms with Crippen molar-refractivity contribution in [2.24, 2.45) is 0 Å². The Balaban J connectivity index is 2.39. The molecule has 1 aromatic carbocycles. The summed E-state index contributed by atoms with van der Waals surface area (Å²) in [6, 6.07) is 5.37. The zero-order valence-electron chi connectivity index (χ0n) is 10.7. The van der Waals surface area contributed by atoms with Gasteiger partial charge in [0.2, 0.25) is 0 Å². The van der Waals surface area contributed by atoms with Crippen LogP contribution in [0.1, 0.15) is 22.8 Å². The molecule has 0 bridgehead atoms. The molecule has 1 atom stereocenters. The summed E-state index contributed by atoms with van der Waals surface area (Å²) in [6.07, 6.45) is -0.382. The second-order valence-corrected chi connectivity index (χ2v) is 4.62. The van der Waals surface area contributed by atoms with E-state index in [4.69, 9.17) is 16.7 Å². The van der Waals surface area contributed by atoms with E-state index in [9.17, 15) is 4.79 Å². The van der Waals surface area contributed by atoms with Crippen LogP contribution in [0, 0.1) is 6.92 Å². The van der Waals surface area contributed by atoms with E-state index in [1.54, 1.807) is 13.0 Å². The fourth-order valence-corrected chi connectivity index (χ4v) is 1.71. The van der Waals surface area contributed by atoms with Crippen LogP contribution in [0.25, 0.3) is 0 Å². The number of hydrogen-bond donors (Lipinski definition) is 3. The zero-order chi connectivity index (χ0) is 13.5. The average molecular weight is 271 g/mol. The van der Waals surface area contributed by atoms with Gasteiger partial charge in [-0.3, -0.25) is 4.79 Å². The van der Waals surface area contributed by atoms with Crippen LogP contribution >= 0.6 is 11.6 Å². The molecule has 0 aliphatic heterocycles. The number of rotatable bonds is 6. The predicted octanol–water partition coefficient (Wildman–Crippen LogP) is 1.35. The lowest BCUT2D eigenvalue weighted by molar-refractivity contribution is 0.0953. The van der Waals surface area contributed by atoms with Crippen LogP contribution in [0.5, 0.6) is 0 Å². The third-order valence-electron chi connectivity index (χ3n) is 2.46. The first-order valence-corrected chi connectivity index (χ1v) is 6.32. The summed E-state index contributed by atoms with van der Waals surface area (Å²) in [5, 5.41) is 15.3. The fraction of sp³-hybridized carbons (Fsp3) is 0.462. The smallest absolute Gasteiger partial charge is 0.252 e. The largest absolute Gasteiger partial charge is 0.392 e. The topological polar surface area (TPSA) is 61.4 Å². The number of nitrogens with one attached hydrogen (secondary N) is 2. The molecule has 1 amide bonds. The number of hydrogen-bond acceptors (Lipinski definition) is 3. The number of benzene rings is 1. The molecule has 3 N–H and O–H groups in total. The van der Waals surface area contributed by atoms with Gasteiger partial charge in [0.15, 0.2) is 0 Å². The third kappa shape index (κ3) is 4.64.